The van der Waals surface area contributed by atoms with Crippen LogP contribution in [-0.2, 0) is 11.3 Å². The van der Waals surface area contributed by atoms with E-state index in [9.17, 15) is 4.79 Å². The SMILES string of the molecule is O=C(CCn1ncc2ccccc21)N1CCCCC1c1ccn[nH]1. The van der Waals surface area contributed by atoms with Crippen LogP contribution >= 0.6 is 0 Å². The molecule has 3 aromatic rings. The van der Waals surface area contributed by atoms with Crippen molar-refractivity contribution >= 4 is 16.8 Å². The quantitative estimate of drug-likeness (QED) is 0.803. The molecule has 1 unspecified atom stereocenters. The van der Waals surface area contributed by atoms with Crippen LogP contribution in [0.1, 0.15) is 37.4 Å². The molecule has 3 heterocycles. The van der Waals surface area contributed by atoms with Crippen LogP contribution in [0.3, 0.4) is 0 Å². The van der Waals surface area contributed by atoms with E-state index in [0.717, 1.165) is 42.4 Å². The second kappa shape index (κ2) is 6.47. The van der Waals surface area contributed by atoms with E-state index >= 15 is 0 Å². The maximum Gasteiger partial charge on any atom is 0.224 e. The number of piperidine rings is 1. The molecule has 0 radical (unpaired) electrons. The smallest absolute Gasteiger partial charge is 0.224 e. The van der Waals surface area contributed by atoms with Gasteiger partial charge in [0.05, 0.1) is 30.0 Å². The summed E-state index contributed by atoms with van der Waals surface area (Å²) in [4.78, 5) is 14.8. The standard InChI is InChI=1S/C18H21N5O/c24-18(9-12-23-16-6-2-1-5-14(16)13-20-23)22-11-4-3-7-17(22)15-8-10-19-21-15/h1-2,5-6,8,10,13,17H,3-4,7,9,11-12H2,(H,19,21). The van der Waals surface area contributed by atoms with E-state index in [1.54, 1.807) is 6.20 Å². The van der Waals surface area contributed by atoms with Crippen molar-refractivity contribution < 1.29 is 4.79 Å². The molecule has 24 heavy (non-hydrogen) atoms. The van der Waals surface area contributed by atoms with Gasteiger partial charge in [0, 0.05) is 24.5 Å². The van der Waals surface area contributed by atoms with E-state index in [-0.39, 0.29) is 11.9 Å². The van der Waals surface area contributed by atoms with E-state index in [1.165, 1.54) is 0 Å². The molecule has 0 saturated carbocycles. The molecule has 0 aliphatic carbocycles. The zero-order valence-corrected chi connectivity index (χ0v) is 13.6. The van der Waals surface area contributed by atoms with Crippen LogP contribution in [0.25, 0.3) is 10.9 Å². The van der Waals surface area contributed by atoms with Gasteiger partial charge < -0.3 is 4.90 Å². The average molecular weight is 323 g/mol. The summed E-state index contributed by atoms with van der Waals surface area (Å²) < 4.78 is 1.92. The van der Waals surface area contributed by atoms with Gasteiger partial charge in [-0.3, -0.25) is 14.6 Å². The predicted octanol–water partition coefficient (Wildman–Crippen LogP) is 2.90. The molecule has 0 bridgehead atoms. The van der Waals surface area contributed by atoms with Gasteiger partial charge in [-0.25, -0.2) is 0 Å². The van der Waals surface area contributed by atoms with E-state index in [1.807, 2.05) is 46.1 Å². The fourth-order valence-electron chi connectivity index (χ4n) is 3.55. The second-order valence-corrected chi connectivity index (χ2v) is 6.29. The first-order chi connectivity index (χ1) is 11.8. The highest BCUT2D eigenvalue weighted by Crippen LogP contribution is 2.30. The van der Waals surface area contributed by atoms with Gasteiger partial charge in [0.15, 0.2) is 0 Å². The molecule has 0 spiro atoms. The van der Waals surface area contributed by atoms with Gasteiger partial charge in [-0.1, -0.05) is 18.2 Å². The maximum absolute atomic E-state index is 12.8. The molecular weight excluding hydrogens is 302 g/mol. The molecule has 1 atom stereocenters. The number of amides is 1. The summed E-state index contributed by atoms with van der Waals surface area (Å²) in [7, 11) is 0. The van der Waals surface area contributed by atoms with Crippen LogP contribution in [0.5, 0.6) is 0 Å². The van der Waals surface area contributed by atoms with Crippen LogP contribution < -0.4 is 0 Å². The number of aromatic nitrogens is 4. The molecule has 1 saturated heterocycles. The zero-order valence-electron chi connectivity index (χ0n) is 13.6. The number of hydrogen-bond acceptors (Lipinski definition) is 3. The van der Waals surface area contributed by atoms with E-state index in [4.69, 9.17) is 0 Å². The van der Waals surface area contributed by atoms with E-state index in [2.05, 4.69) is 15.3 Å². The van der Waals surface area contributed by atoms with E-state index in [0.29, 0.717) is 13.0 Å². The van der Waals surface area contributed by atoms with Crippen molar-refractivity contribution in [2.75, 3.05) is 6.54 Å². The molecule has 1 amide bonds. The van der Waals surface area contributed by atoms with Crippen molar-refractivity contribution in [1.82, 2.24) is 24.9 Å². The summed E-state index contributed by atoms with van der Waals surface area (Å²) >= 11 is 0. The van der Waals surface area contributed by atoms with Gasteiger partial charge in [0.25, 0.3) is 0 Å². The Kier molecular flexibility index (Phi) is 4.02. The summed E-state index contributed by atoms with van der Waals surface area (Å²) in [5.41, 5.74) is 2.11. The van der Waals surface area contributed by atoms with Gasteiger partial charge >= 0.3 is 0 Å². The third kappa shape index (κ3) is 2.79. The van der Waals surface area contributed by atoms with Crippen molar-refractivity contribution in [2.24, 2.45) is 0 Å². The number of para-hydroxylation sites is 1. The Labute approximate surface area is 140 Å². The van der Waals surface area contributed by atoms with Crippen LogP contribution in [-0.4, -0.2) is 37.3 Å². The highest BCUT2D eigenvalue weighted by atomic mass is 16.2. The Morgan fingerprint density at radius 3 is 3.04 bits per heavy atom. The number of likely N-dealkylation sites (tertiary alicyclic amines) is 1. The second-order valence-electron chi connectivity index (χ2n) is 6.29. The Balaban J connectivity index is 1.47. The number of carbonyl (C=O) groups excluding carboxylic acids is 1. The molecule has 1 N–H and O–H groups in total. The van der Waals surface area contributed by atoms with Crippen molar-refractivity contribution in [3.05, 3.63) is 48.4 Å². The summed E-state index contributed by atoms with van der Waals surface area (Å²) in [6, 6.07) is 10.2. The molecule has 2 aromatic heterocycles. The molecule has 1 aromatic carbocycles. The van der Waals surface area contributed by atoms with Crippen molar-refractivity contribution in [1.29, 1.82) is 0 Å². The highest BCUT2D eigenvalue weighted by Gasteiger charge is 2.28. The largest absolute Gasteiger partial charge is 0.334 e. The average Bonchev–Trinajstić information content (AvgIpc) is 3.30. The van der Waals surface area contributed by atoms with Gasteiger partial charge in [0.2, 0.25) is 5.91 Å². The minimum Gasteiger partial charge on any atom is -0.334 e. The highest BCUT2D eigenvalue weighted by molar-refractivity contribution is 5.79. The predicted molar refractivity (Wildman–Crippen MR) is 91.2 cm³/mol. The normalized spacial score (nSPS) is 18.2. The van der Waals surface area contributed by atoms with Crippen LogP contribution in [0.4, 0.5) is 0 Å². The Hall–Kier alpha value is -2.63. The van der Waals surface area contributed by atoms with Gasteiger partial charge in [-0.05, 0) is 31.4 Å². The first-order valence-corrected chi connectivity index (χ1v) is 8.52. The third-order valence-electron chi connectivity index (χ3n) is 4.79. The monoisotopic (exact) mass is 323 g/mol. The zero-order chi connectivity index (χ0) is 16.4. The first kappa shape index (κ1) is 14.9. The fourth-order valence-corrected chi connectivity index (χ4v) is 3.55. The third-order valence-corrected chi connectivity index (χ3v) is 4.79. The molecular formula is C18H21N5O. The summed E-state index contributed by atoms with van der Waals surface area (Å²) in [5, 5.41) is 12.6. The van der Waals surface area contributed by atoms with Crippen molar-refractivity contribution in [3.8, 4) is 0 Å². The lowest BCUT2D eigenvalue weighted by atomic mass is 9.99. The number of fused-ring (bicyclic) bond motifs is 1. The maximum atomic E-state index is 12.8. The molecule has 4 rings (SSSR count). The summed E-state index contributed by atoms with van der Waals surface area (Å²) in [5.74, 6) is 0.189. The van der Waals surface area contributed by atoms with Gasteiger partial charge in [0.1, 0.15) is 0 Å². The number of carbonyl (C=O) groups is 1. The minimum absolute atomic E-state index is 0.128. The molecule has 1 aliphatic rings. The number of nitrogens with zero attached hydrogens (tertiary/aromatic N) is 4. The molecule has 1 fully saturated rings. The lowest BCUT2D eigenvalue weighted by Crippen LogP contribution is -2.39. The summed E-state index contributed by atoms with van der Waals surface area (Å²) in [6.07, 6.45) is 7.30. The van der Waals surface area contributed by atoms with E-state index < -0.39 is 0 Å². The minimum atomic E-state index is 0.128. The van der Waals surface area contributed by atoms with Crippen LogP contribution in [0, 0.1) is 0 Å². The van der Waals surface area contributed by atoms with Crippen LogP contribution in [0.15, 0.2) is 42.7 Å². The molecule has 6 heteroatoms. The molecule has 124 valence electrons. The van der Waals surface area contributed by atoms with Gasteiger partial charge in [-0.15, -0.1) is 0 Å². The Morgan fingerprint density at radius 2 is 2.17 bits per heavy atom. The fraction of sp³-hybridized carbons (Fsp3) is 0.389. The number of aromatic amines is 1. The van der Waals surface area contributed by atoms with Crippen molar-refractivity contribution in [3.63, 3.8) is 0 Å². The Morgan fingerprint density at radius 1 is 1.25 bits per heavy atom. The number of nitrogens with one attached hydrogen (secondary N) is 1. The Bertz CT molecular complexity index is 823. The molecule has 1 aliphatic heterocycles. The number of benzene rings is 1. The lowest BCUT2D eigenvalue weighted by molar-refractivity contribution is -0.135. The lowest BCUT2D eigenvalue weighted by Gasteiger charge is -2.35. The number of aryl methyl sites for hydroxylation is 1. The first-order valence-electron chi connectivity index (χ1n) is 8.52. The van der Waals surface area contributed by atoms with Crippen LogP contribution in [0.2, 0.25) is 0 Å². The number of rotatable bonds is 4. The number of hydrogen-bond donors (Lipinski definition) is 1. The van der Waals surface area contributed by atoms with Crippen molar-refractivity contribution in [2.45, 2.75) is 38.3 Å². The van der Waals surface area contributed by atoms with Gasteiger partial charge in [-0.2, -0.15) is 10.2 Å². The topological polar surface area (TPSA) is 66.8 Å². The molecule has 6 nitrogen and oxygen atoms in total. The number of H-pyrrole nitrogens is 1. The summed E-state index contributed by atoms with van der Waals surface area (Å²) in [6.45, 7) is 1.43.